The number of sulfonamides is 1. The van der Waals surface area contributed by atoms with Gasteiger partial charge in [-0.3, -0.25) is 4.79 Å². The monoisotopic (exact) mass is 392 g/mol. The number of nitrogens with one attached hydrogen (secondary N) is 1. The first-order chi connectivity index (χ1) is 12.9. The first kappa shape index (κ1) is 20.3. The van der Waals surface area contributed by atoms with Gasteiger partial charge in [0.1, 0.15) is 0 Å². The third-order valence-electron chi connectivity index (χ3n) is 5.99. The van der Waals surface area contributed by atoms with Gasteiger partial charge in [-0.2, -0.15) is 4.31 Å². The minimum Gasteiger partial charge on any atom is -0.353 e. The number of rotatable bonds is 4. The molecule has 1 saturated heterocycles. The van der Waals surface area contributed by atoms with E-state index in [1.807, 2.05) is 26.0 Å². The number of nitrogens with zero attached hydrogens (tertiary/aromatic N) is 1. The molecule has 0 bridgehead atoms. The number of carbonyl (C=O) groups is 1. The molecule has 150 valence electrons. The second-order valence-electron chi connectivity index (χ2n) is 8.14. The van der Waals surface area contributed by atoms with Crippen LogP contribution in [0.4, 0.5) is 0 Å². The minimum atomic E-state index is -3.49. The van der Waals surface area contributed by atoms with Gasteiger partial charge in [0.25, 0.3) is 0 Å². The first-order valence-electron chi connectivity index (χ1n) is 10.3. The van der Waals surface area contributed by atoms with E-state index in [2.05, 4.69) is 5.32 Å². The normalized spacial score (nSPS) is 21.0. The molecule has 6 heteroatoms. The SMILES string of the molecule is Cc1ccc(C)c(S(=O)(=O)N2CCC(C(=O)NC3CCCCCC3)CC2)c1. The van der Waals surface area contributed by atoms with E-state index in [0.29, 0.717) is 36.9 Å². The summed E-state index contributed by atoms with van der Waals surface area (Å²) in [5.41, 5.74) is 1.71. The predicted octanol–water partition coefficient (Wildman–Crippen LogP) is 3.54. The van der Waals surface area contributed by atoms with E-state index in [1.54, 1.807) is 10.4 Å². The Morgan fingerprint density at radius 1 is 1.00 bits per heavy atom. The van der Waals surface area contributed by atoms with Gasteiger partial charge in [0, 0.05) is 25.0 Å². The highest BCUT2D eigenvalue weighted by Gasteiger charge is 2.33. The predicted molar refractivity (Wildman–Crippen MR) is 107 cm³/mol. The van der Waals surface area contributed by atoms with Crippen LogP contribution in [-0.4, -0.2) is 37.8 Å². The van der Waals surface area contributed by atoms with Gasteiger partial charge in [0.2, 0.25) is 15.9 Å². The van der Waals surface area contributed by atoms with Crippen molar-refractivity contribution in [2.45, 2.75) is 76.2 Å². The molecule has 1 aliphatic heterocycles. The Labute approximate surface area is 163 Å². The summed E-state index contributed by atoms with van der Waals surface area (Å²) in [6, 6.07) is 5.83. The maximum Gasteiger partial charge on any atom is 0.243 e. The lowest BCUT2D eigenvalue weighted by Crippen LogP contribution is -2.45. The third kappa shape index (κ3) is 4.91. The van der Waals surface area contributed by atoms with Crippen molar-refractivity contribution < 1.29 is 13.2 Å². The quantitative estimate of drug-likeness (QED) is 0.797. The summed E-state index contributed by atoms with van der Waals surface area (Å²) in [5, 5.41) is 3.22. The number of hydrogen-bond donors (Lipinski definition) is 1. The van der Waals surface area contributed by atoms with Crippen LogP contribution in [0.3, 0.4) is 0 Å². The zero-order valence-corrected chi connectivity index (χ0v) is 17.4. The molecule has 5 nitrogen and oxygen atoms in total. The van der Waals surface area contributed by atoms with Crippen molar-refractivity contribution >= 4 is 15.9 Å². The van der Waals surface area contributed by atoms with Gasteiger partial charge < -0.3 is 5.32 Å². The molecule has 3 rings (SSSR count). The molecule has 1 N–H and O–H groups in total. The van der Waals surface area contributed by atoms with Crippen LogP contribution < -0.4 is 5.32 Å². The molecule has 1 saturated carbocycles. The van der Waals surface area contributed by atoms with Gasteiger partial charge in [0.15, 0.2) is 0 Å². The Morgan fingerprint density at radius 3 is 2.26 bits per heavy atom. The number of carbonyl (C=O) groups excluding carboxylic acids is 1. The zero-order chi connectivity index (χ0) is 19.4. The second-order valence-corrected chi connectivity index (χ2v) is 10.1. The van der Waals surface area contributed by atoms with Crippen molar-refractivity contribution in [3.63, 3.8) is 0 Å². The molecule has 0 unspecified atom stereocenters. The fourth-order valence-corrected chi connectivity index (χ4v) is 6.00. The van der Waals surface area contributed by atoms with Gasteiger partial charge >= 0.3 is 0 Å². The Morgan fingerprint density at radius 2 is 1.63 bits per heavy atom. The summed E-state index contributed by atoms with van der Waals surface area (Å²) in [5.74, 6) is 0.0454. The topological polar surface area (TPSA) is 66.5 Å². The van der Waals surface area contributed by atoms with Crippen molar-refractivity contribution in [3.05, 3.63) is 29.3 Å². The number of amides is 1. The molecule has 1 aromatic carbocycles. The fourth-order valence-electron chi connectivity index (χ4n) is 4.23. The van der Waals surface area contributed by atoms with Crippen molar-refractivity contribution in [3.8, 4) is 0 Å². The van der Waals surface area contributed by atoms with Crippen molar-refractivity contribution in [1.29, 1.82) is 0 Å². The van der Waals surface area contributed by atoms with E-state index in [0.717, 1.165) is 24.0 Å². The molecule has 2 aliphatic rings. The largest absolute Gasteiger partial charge is 0.353 e. The lowest BCUT2D eigenvalue weighted by molar-refractivity contribution is -0.126. The van der Waals surface area contributed by atoms with Crippen LogP contribution in [0, 0.1) is 19.8 Å². The van der Waals surface area contributed by atoms with E-state index in [-0.39, 0.29) is 11.8 Å². The van der Waals surface area contributed by atoms with Gasteiger partial charge in [-0.1, -0.05) is 37.8 Å². The highest BCUT2D eigenvalue weighted by molar-refractivity contribution is 7.89. The Bertz CT molecular complexity index is 760. The van der Waals surface area contributed by atoms with Crippen LogP contribution in [-0.2, 0) is 14.8 Å². The van der Waals surface area contributed by atoms with Gasteiger partial charge in [-0.15, -0.1) is 0 Å². The average Bonchev–Trinajstić information content (AvgIpc) is 2.92. The van der Waals surface area contributed by atoms with E-state index >= 15 is 0 Å². The smallest absolute Gasteiger partial charge is 0.243 e. The molecule has 0 radical (unpaired) electrons. The van der Waals surface area contributed by atoms with Crippen LogP contribution in [0.2, 0.25) is 0 Å². The molecule has 0 aromatic heterocycles. The molecule has 0 atom stereocenters. The molecule has 2 fully saturated rings. The van der Waals surface area contributed by atoms with E-state index in [1.165, 1.54) is 25.7 Å². The second kappa shape index (κ2) is 8.74. The van der Waals surface area contributed by atoms with E-state index in [9.17, 15) is 13.2 Å². The maximum absolute atomic E-state index is 13.0. The van der Waals surface area contributed by atoms with Crippen molar-refractivity contribution in [2.75, 3.05) is 13.1 Å². The van der Waals surface area contributed by atoms with Crippen LogP contribution >= 0.6 is 0 Å². The summed E-state index contributed by atoms with van der Waals surface area (Å²) in [4.78, 5) is 13.0. The number of hydrogen-bond acceptors (Lipinski definition) is 3. The first-order valence-corrected chi connectivity index (χ1v) is 11.7. The van der Waals surface area contributed by atoms with Crippen LogP contribution in [0.15, 0.2) is 23.1 Å². The molecule has 1 aliphatic carbocycles. The molecular weight excluding hydrogens is 360 g/mol. The van der Waals surface area contributed by atoms with Crippen LogP contribution in [0.1, 0.15) is 62.5 Å². The molecule has 1 heterocycles. The van der Waals surface area contributed by atoms with Crippen molar-refractivity contribution in [1.82, 2.24) is 9.62 Å². The summed E-state index contributed by atoms with van der Waals surface area (Å²) in [7, 11) is -3.49. The summed E-state index contributed by atoms with van der Waals surface area (Å²) < 4.78 is 27.6. The van der Waals surface area contributed by atoms with Gasteiger partial charge in [0.05, 0.1) is 4.90 Å². The molecule has 0 spiro atoms. The Balaban J connectivity index is 1.59. The van der Waals surface area contributed by atoms with Crippen LogP contribution in [0.5, 0.6) is 0 Å². The third-order valence-corrected chi connectivity index (χ3v) is 8.03. The lowest BCUT2D eigenvalue weighted by atomic mass is 9.96. The molecule has 27 heavy (non-hydrogen) atoms. The number of aryl methyl sites for hydroxylation is 2. The minimum absolute atomic E-state index is 0.0710. The summed E-state index contributed by atoms with van der Waals surface area (Å²) in [6.45, 7) is 4.57. The number of benzene rings is 1. The Kier molecular flexibility index (Phi) is 6.58. The van der Waals surface area contributed by atoms with Crippen LogP contribution in [0.25, 0.3) is 0 Å². The van der Waals surface area contributed by atoms with E-state index in [4.69, 9.17) is 0 Å². The van der Waals surface area contributed by atoms with E-state index < -0.39 is 10.0 Å². The standard InChI is InChI=1S/C21H32N2O3S/c1-16-9-10-17(2)20(15-16)27(25,26)23-13-11-18(12-14-23)21(24)22-19-7-5-3-4-6-8-19/h9-10,15,18-19H,3-8,11-14H2,1-2H3,(H,22,24). The maximum atomic E-state index is 13.0. The molecular formula is C21H32N2O3S. The summed E-state index contributed by atoms with van der Waals surface area (Å²) in [6.07, 6.45) is 8.26. The molecule has 1 amide bonds. The fraction of sp³-hybridized carbons (Fsp3) is 0.667. The highest BCUT2D eigenvalue weighted by Crippen LogP contribution is 2.27. The highest BCUT2D eigenvalue weighted by atomic mass is 32.2. The lowest BCUT2D eigenvalue weighted by Gasteiger charge is -2.31. The summed E-state index contributed by atoms with van der Waals surface area (Å²) >= 11 is 0. The molecule has 1 aromatic rings. The van der Waals surface area contributed by atoms with Gasteiger partial charge in [-0.25, -0.2) is 8.42 Å². The number of piperidine rings is 1. The zero-order valence-electron chi connectivity index (χ0n) is 16.5. The Hall–Kier alpha value is -1.40. The van der Waals surface area contributed by atoms with Crippen molar-refractivity contribution in [2.24, 2.45) is 5.92 Å². The average molecular weight is 393 g/mol. The van der Waals surface area contributed by atoms with Gasteiger partial charge in [-0.05, 0) is 56.7 Å².